The highest BCUT2D eigenvalue weighted by Gasteiger charge is 2.30. The highest BCUT2D eigenvalue weighted by atomic mass is 16.1. The monoisotopic (exact) mass is 393 g/mol. The zero-order valence-electron chi connectivity index (χ0n) is 16.2. The normalized spacial score (nSPS) is 16.0. The summed E-state index contributed by atoms with van der Waals surface area (Å²) in [6, 6.07) is 18.4. The number of fused-ring (bicyclic) bond motifs is 1. The van der Waals surface area contributed by atoms with Crippen LogP contribution in [0.4, 0.5) is 5.69 Å². The maximum Gasteiger partial charge on any atom is 0.225 e. The second kappa shape index (κ2) is 6.56. The number of aromatic nitrogens is 4. The average molecular weight is 393 g/mol. The Morgan fingerprint density at radius 1 is 1.03 bits per heavy atom. The molecule has 0 spiro atoms. The molecule has 0 saturated carbocycles. The van der Waals surface area contributed by atoms with E-state index in [0.717, 1.165) is 39.9 Å². The van der Waals surface area contributed by atoms with Crippen LogP contribution in [0.1, 0.15) is 29.0 Å². The molecule has 0 aliphatic carbocycles. The maximum atomic E-state index is 12.7. The van der Waals surface area contributed by atoms with Crippen molar-refractivity contribution in [3.8, 4) is 0 Å². The Labute approximate surface area is 172 Å². The summed E-state index contributed by atoms with van der Waals surface area (Å²) in [6.45, 7) is 0.772. The van der Waals surface area contributed by atoms with Crippen LogP contribution in [0.3, 0.4) is 0 Å². The van der Waals surface area contributed by atoms with Crippen LogP contribution in [0.5, 0.6) is 0 Å². The summed E-state index contributed by atoms with van der Waals surface area (Å²) in [5.74, 6) is -0.103. The van der Waals surface area contributed by atoms with Crippen molar-refractivity contribution in [3.05, 3.63) is 96.1 Å². The third-order valence-electron chi connectivity index (χ3n) is 5.85. The molecule has 6 heteroatoms. The molecular formula is C24H19N5O. The van der Waals surface area contributed by atoms with E-state index in [0.29, 0.717) is 6.42 Å². The number of nitrogens with one attached hydrogen (secondary N) is 1. The van der Waals surface area contributed by atoms with E-state index in [1.807, 2.05) is 36.7 Å². The highest BCUT2D eigenvalue weighted by Crippen LogP contribution is 2.41. The number of carbonyl (C=O) groups excluding carboxylic acids is 1. The van der Waals surface area contributed by atoms with Crippen LogP contribution >= 0.6 is 0 Å². The Hall–Kier alpha value is -3.93. The lowest BCUT2D eigenvalue weighted by molar-refractivity contribution is -0.116. The molecule has 1 aliphatic rings. The van der Waals surface area contributed by atoms with E-state index < -0.39 is 0 Å². The van der Waals surface area contributed by atoms with Crippen LogP contribution in [0.25, 0.3) is 16.6 Å². The van der Waals surface area contributed by atoms with Gasteiger partial charge in [0.25, 0.3) is 0 Å². The van der Waals surface area contributed by atoms with Crippen molar-refractivity contribution in [2.75, 3.05) is 5.32 Å². The molecule has 0 saturated heterocycles. The molecule has 1 amide bonds. The third-order valence-corrected chi connectivity index (χ3v) is 5.85. The van der Waals surface area contributed by atoms with Gasteiger partial charge in [0.15, 0.2) is 5.65 Å². The van der Waals surface area contributed by atoms with Crippen molar-refractivity contribution in [3.63, 3.8) is 0 Å². The van der Waals surface area contributed by atoms with Crippen molar-refractivity contribution in [1.82, 2.24) is 19.2 Å². The van der Waals surface area contributed by atoms with Crippen LogP contribution in [-0.4, -0.2) is 25.1 Å². The quantitative estimate of drug-likeness (QED) is 0.499. The second-order valence-corrected chi connectivity index (χ2v) is 7.69. The number of benzene rings is 2. The van der Waals surface area contributed by atoms with Crippen molar-refractivity contribution >= 4 is 28.1 Å². The molecule has 6 rings (SSSR count). The molecule has 3 aromatic heterocycles. The van der Waals surface area contributed by atoms with Gasteiger partial charge in [0.05, 0.1) is 17.4 Å². The van der Waals surface area contributed by atoms with Gasteiger partial charge >= 0.3 is 0 Å². The van der Waals surface area contributed by atoms with E-state index in [9.17, 15) is 4.79 Å². The molecule has 4 heterocycles. The Kier molecular flexibility index (Phi) is 3.71. The molecule has 1 aliphatic heterocycles. The highest BCUT2D eigenvalue weighted by molar-refractivity contribution is 6.06. The molecule has 0 unspecified atom stereocenters. The zero-order valence-corrected chi connectivity index (χ0v) is 16.2. The fourth-order valence-corrected chi connectivity index (χ4v) is 4.53. The molecule has 0 fully saturated rings. The van der Waals surface area contributed by atoms with Crippen LogP contribution in [0.2, 0.25) is 0 Å². The first-order valence-electron chi connectivity index (χ1n) is 10.0. The number of carbonyl (C=O) groups is 1. The van der Waals surface area contributed by atoms with Gasteiger partial charge in [0, 0.05) is 48.4 Å². The molecule has 6 nitrogen and oxygen atoms in total. The number of hydrogen-bond acceptors (Lipinski definition) is 3. The summed E-state index contributed by atoms with van der Waals surface area (Å²) in [5, 5.41) is 8.66. The SMILES string of the molecule is O=C1C[C@H](c2cnn3cccnc23)c2cn(Cc3ccccc3)c3cccc(c23)N1. The fraction of sp³-hybridized carbons (Fsp3) is 0.125. The fourth-order valence-electron chi connectivity index (χ4n) is 4.53. The minimum absolute atomic E-state index is 0.00795. The van der Waals surface area contributed by atoms with Gasteiger partial charge in [0.1, 0.15) is 0 Å². The molecule has 5 aromatic rings. The molecular weight excluding hydrogens is 374 g/mol. The zero-order chi connectivity index (χ0) is 20.1. The number of anilines is 1. The largest absolute Gasteiger partial charge is 0.343 e. The first kappa shape index (κ1) is 17.0. The van der Waals surface area contributed by atoms with Crippen molar-refractivity contribution in [2.24, 2.45) is 0 Å². The molecule has 0 bridgehead atoms. The minimum atomic E-state index is -0.111. The molecule has 30 heavy (non-hydrogen) atoms. The first-order chi connectivity index (χ1) is 14.8. The van der Waals surface area contributed by atoms with Gasteiger partial charge in [0.2, 0.25) is 5.91 Å². The van der Waals surface area contributed by atoms with E-state index in [1.165, 1.54) is 5.56 Å². The van der Waals surface area contributed by atoms with E-state index >= 15 is 0 Å². The standard InChI is InChI=1S/C24H19N5O/c30-22-12-17(18-13-26-29-11-5-10-25-24(18)29)19-15-28(14-16-6-2-1-3-7-16)21-9-4-8-20(27-22)23(19)21/h1-11,13,15,17H,12,14H2,(H,27,30)/t17-/m1/s1. The molecule has 0 radical (unpaired) electrons. The predicted octanol–water partition coefficient (Wildman–Crippen LogP) is 4.21. The first-order valence-corrected chi connectivity index (χ1v) is 10.0. The summed E-state index contributed by atoms with van der Waals surface area (Å²) in [4.78, 5) is 17.3. The van der Waals surface area contributed by atoms with Crippen molar-refractivity contribution < 1.29 is 4.79 Å². The van der Waals surface area contributed by atoms with Crippen LogP contribution in [0.15, 0.2) is 79.4 Å². The van der Waals surface area contributed by atoms with Crippen molar-refractivity contribution in [1.29, 1.82) is 0 Å². The molecule has 146 valence electrons. The van der Waals surface area contributed by atoms with Gasteiger partial charge in [-0.2, -0.15) is 5.10 Å². The Bertz CT molecular complexity index is 1400. The van der Waals surface area contributed by atoms with Crippen LogP contribution in [0, 0.1) is 0 Å². The number of nitrogens with zero attached hydrogens (tertiary/aromatic N) is 4. The summed E-state index contributed by atoms with van der Waals surface area (Å²) >= 11 is 0. The second-order valence-electron chi connectivity index (χ2n) is 7.69. The van der Waals surface area contributed by atoms with Gasteiger partial charge < -0.3 is 9.88 Å². The Morgan fingerprint density at radius 2 is 1.93 bits per heavy atom. The van der Waals surface area contributed by atoms with Gasteiger partial charge in [-0.15, -0.1) is 0 Å². The number of hydrogen-bond donors (Lipinski definition) is 1. The molecule has 1 atom stereocenters. The minimum Gasteiger partial charge on any atom is -0.343 e. The summed E-state index contributed by atoms with van der Waals surface area (Å²) in [6.07, 6.45) is 8.04. The lowest BCUT2D eigenvalue weighted by Gasteiger charge is -2.12. The average Bonchev–Trinajstić information content (AvgIpc) is 3.32. The lowest BCUT2D eigenvalue weighted by atomic mass is 9.90. The smallest absolute Gasteiger partial charge is 0.225 e. The Balaban J connectivity index is 1.58. The maximum absolute atomic E-state index is 12.7. The van der Waals surface area contributed by atoms with E-state index in [1.54, 1.807) is 10.7 Å². The number of rotatable bonds is 3. The summed E-state index contributed by atoms with van der Waals surface area (Å²) < 4.78 is 4.04. The van der Waals surface area contributed by atoms with Gasteiger partial charge in [-0.1, -0.05) is 36.4 Å². The van der Waals surface area contributed by atoms with Gasteiger partial charge in [-0.3, -0.25) is 4.79 Å². The summed E-state index contributed by atoms with van der Waals surface area (Å²) in [7, 11) is 0. The molecule has 1 N–H and O–H groups in total. The lowest BCUT2D eigenvalue weighted by Crippen LogP contribution is -2.14. The van der Waals surface area contributed by atoms with E-state index in [-0.39, 0.29) is 11.8 Å². The number of amides is 1. The van der Waals surface area contributed by atoms with Crippen LogP contribution < -0.4 is 5.32 Å². The third kappa shape index (κ3) is 2.61. The topological polar surface area (TPSA) is 64.2 Å². The van der Waals surface area contributed by atoms with Crippen molar-refractivity contribution in [2.45, 2.75) is 18.9 Å². The van der Waals surface area contributed by atoms with Gasteiger partial charge in [-0.05, 0) is 29.3 Å². The summed E-state index contributed by atoms with van der Waals surface area (Å²) in [5.41, 5.74) is 6.12. The molecule has 2 aromatic carbocycles. The Morgan fingerprint density at radius 3 is 2.83 bits per heavy atom. The van der Waals surface area contributed by atoms with E-state index in [4.69, 9.17) is 0 Å². The van der Waals surface area contributed by atoms with E-state index in [2.05, 4.69) is 56.5 Å². The van der Waals surface area contributed by atoms with Crippen LogP contribution in [-0.2, 0) is 11.3 Å². The van der Waals surface area contributed by atoms with Gasteiger partial charge in [-0.25, -0.2) is 9.50 Å². The predicted molar refractivity (Wildman–Crippen MR) is 116 cm³/mol.